The average Bonchev–Trinajstić information content (AvgIpc) is 2.48. The predicted molar refractivity (Wildman–Crippen MR) is 82.2 cm³/mol. The van der Waals surface area contributed by atoms with Gasteiger partial charge in [-0.15, -0.1) is 0 Å². The van der Waals surface area contributed by atoms with Crippen LogP contribution in [0.5, 0.6) is 0 Å². The van der Waals surface area contributed by atoms with Gasteiger partial charge in [0.2, 0.25) is 5.90 Å². The van der Waals surface area contributed by atoms with Gasteiger partial charge in [0, 0.05) is 13.0 Å². The number of primary amides is 1. The van der Waals surface area contributed by atoms with Crippen molar-refractivity contribution < 1.29 is 9.53 Å². The first kappa shape index (κ1) is 14.7. The van der Waals surface area contributed by atoms with Gasteiger partial charge in [0.25, 0.3) is 0 Å². The highest BCUT2D eigenvalue weighted by Gasteiger charge is 2.07. The van der Waals surface area contributed by atoms with Crippen LogP contribution in [-0.4, -0.2) is 12.0 Å². The minimum absolute atomic E-state index is 0.259. The van der Waals surface area contributed by atoms with Crippen LogP contribution in [0, 0.1) is 0 Å². The highest BCUT2D eigenvalue weighted by atomic mass is 16.6. The van der Waals surface area contributed by atoms with E-state index in [1.165, 1.54) is 0 Å². The van der Waals surface area contributed by atoms with E-state index in [0.717, 1.165) is 11.1 Å². The van der Waals surface area contributed by atoms with E-state index in [2.05, 4.69) is 4.99 Å². The third-order valence-corrected chi connectivity index (χ3v) is 2.84. The largest absolute Gasteiger partial charge is 0.411 e. The SMILES string of the molecule is NCc1ccc(N=C(Cc2ccccc2)OC(N)=O)cc1. The maximum absolute atomic E-state index is 11.0. The van der Waals surface area contributed by atoms with E-state index < -0.39 is 6.09 Å². The number of benzene rings is 2. The second-order valence-corrected chi connectivity index (χ2v) is 4.46. The van der Waals surface area contributed by atoms with Crippen molar-refractivity contribution in [2.24, 2.45) is 16.5 Å². The van der Waals surface area contributed by atoms with E-state index in [1.54, 1.807) is 0 Å². The number of ether oxygens (including phenoxy) is 1. The Hall–Kier alpha value is -2.66. The summed E-state index contributed by atoms with van der Waals surface area (Å²) in [5, 5.41) is 0. The molecule has 0 heterocycles. The topological polar surface area (TPSA) is 90.7 Å². The average molecular weight is 283 g/mol. The van der Waals surface area contributed by atoms with Gasteiger partial charge in [-0.25, -0.2) is 9.79 Å². The quantitative estimate of drug-likeness (QED) is 0.667. The summed E-state index contributed by atoms with van der Waals surface area (Å²) in [5.41, 5.74) is 13.3. The highest BCUT2D eigenvalue weighted by molar-refractivity contribution is 5.90. The van der Waals surface area contributed by atoms with Gasteiger partial charge in [0.05, 0.1) is 5.69 Å². The van der Waals surface area contributed by atoms with Gasteiger partial charge in [0.15, 0.2) is 0 Å². The summed E-state index contributed by atoms with van der Waals surface area (Å²) >= 11 is 0. The normalized spacial score (nSPS) is 11.2. The molecule has 5 nitrogen and oxygen atoms in total. The first-order chi connectivity index (χ1) is 10.2. The number of amides is 1. The Balaban J connectivity index is 2.21. The molecule has 0 saturated heterocycles. The lowest BCUT2D eigenvalue weighted by Crippen LogP contribution is -2.20. The number of nitrogens with two attached hydrogens (primary N) is 2. The molecule has 0 unspecified atom stereocenters. The molecule has 5 heteroatoms. The molecule has 2 aromatic carbocycles. The van der Waals surface area contributed by atoms with Crippen molar-refractivity contribution in [3.8, 4) is 0 Å². The van der Waals surface area contributed by atoms with Crippen LogP contribution in [0.1, 0.15) is 11.1 Å². The lowest BCUT2D eigenvalue weighted by Gasteiger charge is -2.06. The Morgan fingerprint density at radius 2 is 1.67 bits per heavy atom. The zero-order valence-corrected chi connectivity index (χ0v) is 11.5. The fourth-order valence-corrected chi connectivity index (χ4v) is 1.84. The number of carbonyl (C=O) groups excluding carboxylic acids is 1. The van der Waals surface area contributed by atoms with Crippen LogP contribution in [0.15, 0.2) is 59.6 Å². The molecule has 0 atom stereocenters. The summed E-state index contributed by atoms with van der Waals surface area (Å²) in [4.78, 5) is 15.3. The molecule has 0 aliphatic heterocycles. The Bertz CT molecular complexity index is 622. The first-order valence-electron chi connectivity index (χ1n) is 6.55. The fourth-order valence-electron chi connectivity index (χ4n) is 1.84. The van der Waals surface area contributed by atoms with E-state index in [4.69, 9.17) is 16.2 Å². The first-order valence-corrected chi connectivity index (χ1v) is 6.55. The van der Waals surface area contributed by atoms with Crippen molar-refractivity contribution in [3.05, 3.63) is 65.7 Å². The van der Waals surface area contributed by atoms with Crippen molar-refractivity contribution in [2.75, 3.05) is 0 Å². The molecule has 0 saturated carbocycles. The molecule has 0 fully saturated rings. The smallest absolute Gasteiger partial charge is 0.395 e. The molecular weight excluding hydrogens is 266 g/mol. The van der Waals surface area contributed by atoms with Crippen molar-refractivity contribution in [3.63, 3.8) is 0 Å². The van der Waals surface area contributed by atoms with Gasteiger partial charge >= 0.3 is 6.09 Å². The summed E-state index contributed by atoms with van der Waals surface area (Å²) in [7, 11) is 0. The van der Waals surface area contributed by atoms with Crippen LogP contribution in [-0.2, 0) is 17.7 Å². The molecule has 2 rings (SSSR count). The minimum Gasteiger partial charge on any atom is -0.395 e. The zero-order valence-electron chi connectivity index (χ0n) is 11.5. The molecule has 0 bridgehead atoms. The van der Waals surface area contributed by atoms with E-state index in [-0.39, 0.29) is 5.90 Å². The third kappa shape index (κ3) is 4.74. The Kier molecular flexibility index (Phi) is 5.06. The molecule has 0 aliphatic rings. The van der Waals surface area contributed by atoms with Crippen molar-refractivity contribution in [1.82, 2.24) is 0 Å². The third-order valence-electron chi connectivity index (χ3n) is 2.84. The van der Waals surface area contributed by atoms with Gasteiger partial charge in [-0.1, -0.05) is 42.5 Å². The zero-order chi connectivity index (χ0) is 15.1. The second kappa shape index (κ2) is 7.21. The molecule has 21 heavy (non-hydrogen) atoms. The van der Waals surface area contributed by atoms with E-state index in [9.17, 15) is 4.79 Å². The molecule has 0 spiro atoms. The summed E-state index contributed by atoms with van der Waals surface area (Å²) in [6, 6.07) is 17.0. The lowest BCUT2D eigenvalue weighted by molar-refractivity contribution is 0.207. The highest BCUT2D eigenvalue weighted by Crippen LogP contribution is 2.15. The van der Waals surface area contributed by atoms with Crippen molar-refractivity contribution >= 4 is 17.7 Å². The predicted octanol–water partition coefficient (Wildman–Crippen LogP) is 2.51. The number of hydrogen-bond acceptors (Lipinski definition) is 4. The summed E-state index contributed by atoms with van der Waals surface area (Å²) in [5.74, 6) is 0.259. The van der Waals surface area contributed by atoms with E-state index in [0.29, 0.717) is 18.7 Å². The molecule has 4 N–H and O–H groups in total. The van der Waals surface area contributed by atoms with Gasteiger partial charge in [-0.3, -0.25) is 0 Å². The number of rotatable bonds is 4. The second-order valence-electron chi connectivity index (χ2n) is 4.46. The molecule has 108 valence electrons. The molecule has 0 aliphatic carbocycles. The van der Waals surface area contributed by atoms with Crippen molar-refractivity contribution in [1.29, 1.82) is 0 Å². The fraction of sp³-hybridized carbons (Fsp3) is 0.125. The van der Waals surface area contributed by atoms with Gasteiger partial charge in [0.1, 0.15) is 0 Å². The monoisotopic (exact) mass is 283 g/mol. The summed E-state index contributed by atoms with van der Waals surface area (Å²) in [6.45, 7) is 0.471. The van der Waals surface area contributed by atoms with Crippen LogP contribution in [0.25, 0.3) is 0 Å². The van der Waals surface area contributed by atoms with E-state index in [1.807, 2.05) is 54.6 Å². The van der Waals surface area contributed by atoms with Gasteiger partial charge in [-0.2, -0.15) is 0 Å². The number of carbonyl (C=O) groups is 1. The number of aliphatic imine (C=N–C) groups is 1. The molecule has 0 aromatic heterocycles. The minimum atomic E-state index is -0.872. The van der Waals surface area contributed by atoms with Gasteiger partial charge < -0.3 is 16.2 Å². The van der Waals surface area contributed by atoms with Crippen LogP contribution in [0.2, 0.25) is 0 Å². The van der Waals surface area contributed by atoms with Gasteiger partial charge in [-0.05, 0) is 23.3 Å². The Morgan fingerprint density at radius 1 is 1.00 bits per heavy atom. The lowest BCUT2D eigenvalue weighted by atomic mass is 10.1. The van der Waals surface area contributed by atoms with Crippen LogP contribution < -0.4 is 11.5 Å². The number of nitrogens with zero attached hydrogens (tertiary/aromatic N) is 1. The maximum atomic E-state index is 11.0. The maximum Gasteiger partial charge on any atom is 0.411 e. The molecule has 1 amide bonds. The van der Waals surface area contributed by atoms with Crippen LogP contribution in [0.3, 0.4) is 0 Å². The van der Waals surface area contributed by atoms with Crippen LogP contribution in [0.4, 0.5) is 10.5 Å². The van der Waals surface area contributed by atoms with E-state index >= 15 is 0 Å². The Labute approximate surface area is 123 Å². The summed E-state index contributed by atoms with van der Waals surface area (Å²) in [6.07, 6.45) is -0.481. The molecular formula is C16H17N3O2. The van der Waals surface area contributed by atoms with Crippen LogP contribution >= 0.6 is 0 Å². The van der Waals surface area contributed by atoms with Crippen molar-refractivity contribution in [2.45, 2.75) is 13.0 Å². The molecule has 2 aromatic rings. The number of hydrogen-bond donors (Lipinski definition) is 2. The summed E-state index contributed by atoms with van der Waals surface area (Å²) < 4.78 is 4.98. The standard InChI is InChI=1S/C16H17N3O2/c17-11-13-6-8-14(9-7-13)19-15(21-16(18)20)10-12-4-2-1-3-5-12/h1-9H,10-11,17H2,(H2,18,20). The Morgan fingerprint density at radius 3 is 2.24 bits per heavy atom. The molecule has 0 radical (unpaired) electrons.